The SMILES string of the molecule is O=C(CNC(c1ccccc1)c1cc2ccccc2o1)Nc1ccc(N2CCCC2=O)cc1. The third-order valence-electron chi connectivity index (χ3n) is 5.86. The van der Waals surface area contributed by atoms with Gasteiger partial charge < -0.3 is 14.6 Å². The molecule has 5 rings (SSSR count). The van der Waals surface area contributed by atoms with Crippen LogP contribution >= 0.6 is 0 Å². The molecule has 3 aromatic carbocycles. The molecule has 4 aromatic rings. The Balaban J connectivity index is 1.27. The van der Waals surface area contributed by atoms with Gasteiger partial charge in [0, 0.05) is 29.7 Å². The monoisotopic (exact) mass is 439 g/mol. The molecule has 6 nitrogen and oxygen atoms in total. The number of para-hydroxylation sites is 1. The second-order valence-electron chi connectivity index (χ2n) is 8.16. The molecule has 1 aromatic heterocycles. The normalized spacial score (nSPS) is 14.5. The third-order valence-corrected chi connectivity index (χ3v) is 5.86. The Morgan fingerprint density at radius 2 is 1.73 bits per heavy atom. The molecule has 0 bridgehead atoms. The van der Waals surface area contributed by atoms with Crippen LogP contribution in [0.5, 0.6) is 0 Å². The Bertz CT molecular complexity index is 1230. The summed E-state index contributed by atoms with van der Waals surface area (Å²) in [5.41, 5.74) is 3.39. The largest absolute Gasteiger partial charge is 0.459 e. The first-order valence-electron chi connectivity index (χ1n) is 11.1. The molecule has 166 valence electrons. The van der Waals surface area contributed by atoms with Gasteiger partial charge in [-0.05, 0) is 48.4 Å². The van der Waals surface area contributed by atoms with Gasteiger partial charge in [0.1, 0.15) is 11.3 Å². The maximum atomic E-state index is 12.7. The average Bonchev–Trinajstić information content (AvgIpc) is 3.46. The van der Waals surface area contributed by atoms with E-state index in [-0.39, 0.29) is 24.4 Å². The number of nitrogens with zero attached hydrogens (tertiary/aromatic N) is 1. The maximum Gasteiger partial charge on any atom is 0.238 e. The number of hydrogen-bond acceptors (Lipinski definition) is 4. The van der Waals surface area contributed by atoms with Crippen LogP contribution in [0.15, 0.2) is 89.3 Å². The Morgan fingerprint density at radius 1 is 0.970 bits per heavy atom. The number of hydrogen-bond donors (Lipinski definition) is 2. The van der Waals surface area contributed by atoms with E-state index in [2.05, 4.69) is 10.6 Å². The fraction of sp³-hybridized carbons (Fsp3) is 0.185. The molecule has 1 saturated heterocycles. The second kappa shape index (κ2) is 9.30. The summed E-state index contributed by atoms with van der Waals surface area (Å²) in [7, 11) is 0. The number of furan rings is 1. The lowest BCUT2D eigenvalue weighted by Crippen LogP contribution is -2.31. The molecule has 1 aliphatic heterocycles. The molecule has 1 atom stereocenters. The lowest BCUT2D eigenvalue weighted by Gasteiger charge is -2.18. The highest BCUT2D eigenvalue weighted by Gasteiger charge is 2.22. The number of carbonyl (C=O) groups excluding carboxylic acids is 2. The minimum atomic E-state index is -0.257. The van der Waals surface area contributed by atoms with Crippen LogP contribution < -0.4 is 15.5 Å². The molecular formula is C27H25N3O3. The molecule has 2 N–H and O–H groups in total. The van der Waals surface area contributed by atoms with Crippen molar-refractivity contribution in [2.45, 2.75) is 18.9 Å². The van der Waals surface area contributed by atoms with Gasteiger partial charge in [0.25, 0.3) is 0 Å². The first-order valence-corrected chi connectivity index (χ1v) is 11.1. The number of nitrogens with one attached hydrogen (secondary N) is 2. The third kappa shape index (κ3) is 4.66. The summed E-state index contributed by atoms with van der Waals surface area (Å²) in [6.45, 7) is 0.861. The van der Waals surface area contributed by atoms with Crippen molar-refractivity contribution in [1.29, 1.82) is 0 Å². The molecule has 0 saturated carbocycles. The molecule has 33 heavy (non-hydrogen) atoms. The molecule has 1 aliphatic rings. The zero-order valence-corrected chi connectivity index (χ0v) is 18.2. The summed E-state index contributed by atoms with van der Waals surface area (Å²) in [5, 5.41) is 7.28. The molecular weight excluding hydrogens is 414 g/mol. The van der Waals surface area contributed by atoms with Gasteiger partial charge in [0.05, 0.1) is 12.6 Å². The quantitative estimate of drug-likeness (QED) is 0.431. The number of fused-ring (bicyclic) bond motifs is 1. The first-order chi connectivity index (χ1) is 16.2. The number of rotatable bonds is 7. The maximum absolute atomic E-state index is 12.7. The van der Waals surface area contributed by atoms with Crippen LogP contribution in [0.4, 0.5) is 11.4 Å². The lowest BCUT2D eigenvalue weighted by atomic mass is 10.0. The molecule has 0 spiro atoms. The molecule has 2 amide bonds. The summed E-state index contributed by atoms with van der Waals surface area (Å²) in [6, 6.07) is 26.9. The van der Waals surface area contributed by atoms with Crippen LogP contribution in [-0.2, 0) is 9.59 Å². The number of benzene rings is 3. The average molecular weight is 440 g/mol. The van der Waals surface area contributed by atoms with Crippen molar-refractivity contribution in [2.75, 3.05) is 23.3 Å². The fourth-order valence-electron chi connectivity index (χ4n) is 4.22. The fourth-order valence-corrected chi connectivity index (χ4v) is 4.22. The molecule has 1 unspecified atom stereocenters. The van der Waals surface area contributed by atoms with E-state index in [1.54, 1.807) is 4.90 Å². The van der Waals surface area contributed by atoms with Gasteiger partial charge in [-0.2, -0.15) is 0 Å². The zero-order valence-electron chi connectivity index (χ0n) is 18.2. The standard InChI is InChI=1S/C27H25N3O3/c31-25(29-21-12-14-22(15-13-21)30-16-6-11-26(30)32)18-28-27(19-7-2-1-3-8-19)24-17-20-9-4-5-10-23(20)33-24/h1-5,7-10,12-15,17,27-28H,6,11,16,18H2,(H,29,31). The highest BCUT2D eigenvalue weighted by Crippen LogP contribution is 2.28. The van der Waals surface area contributed by atoms with Crippen molar-refractivity contribution in [3.8, 4) is 0 Å². The predicted molar refractivity (Wildman–Crippen MR) is 129 cm³/mol. The summed E-state index contributed by atoms with van der Waals surface area (Å²) in [6.07, 6.45) is 1.48. The van der Waals surface area contributed by atoms with Gasteiger partial charge in [-0.15, -0.1) is 0 Å². The highest BCUT2D eigenvalue weighted by molar-refractivity contribution is 5.96. The predicted octanol–water partition coefficient (Wildman–Crippen LogP) is 4.88. The molecule has 2 heterocycles. The minimum Gasteiger partial charge on any atom is -0.459 e. The number of anilines is 2. The molecule has 6 heteroatoms. The zero-order chi connectivity index (χ0) is 22.6. The topological polar surface area (TPSA) is 74.6 Å². The van der Waals surface area contributed by atoms with Crippen LogP contribution in [0.1, 0.15) is 30.2 Å². The Kier molecular flexibility index (Phi) is 5.91. The van der Waals surface area contributed by atoms with E-state index < -0.39 is 0 Å². The summed E-state index contributed by atoms with van der Waals surface area (Å²) in [4.78, 5) is 26.4. The Morgan fingerprint density at radius 3 is 2.45 bits per heavy atom. The van der Waals surface area contributed by atoms with Crippen molar-refractivity contribution in [3.05, 3.63) is 96.3 Å². The molecule has 0 aliphatic carbocycles. The molecule has 0 radical (unpaired) electrons. The van der Waals surface area contributed by atoms with Crippen LogP contribution in [-0.4, -0.2) is 24.9 Å². The lowest BCUT2D eigenvalue weighted by molar-refractivity contribution is -0.117. The first kappa shape index (κ1) is 21.0. The summed E-state index contributed by atoms with van der Waals surface area (Å²) in [5.74, 6) is 0.750. The van der Waals surface area contributed by atoms with Crippen molar-refractivity contribution in [3.63, 3.8) is 0 Å². The summed E-state index contributed by atoms with van der Waals surface area (Å²) >= 11 is 0. The van der Waals surface area contributed by atoms with E-state index in [1.807, 2.05) is 84.9 Å². The van der Waals surface area contributed by atoms with Gasteiger partial charge in [-0.25, -0.2) is 0 Å². The van der Waals surface area contributed by atoms with Gasteiger partial charge in [-0.3, -0.25) is 14.9 Å². The van der Waals surface area contributed by atoms with Gasteiger partial charge in [0.2, 0.25) is 11.8 Å². The highest BCUT2D eigenvalue weighted by atomic mass is 16.3. The number of amides is 2. The van der Waals surface area contributed by atoms with Gasteiger partial charge in [0.15, 0.2) is 0 Å². The van der Waals surface area contributed by atoms with E-state index in [9.17, 15) is 9.59 Å². The minimum absolute atomic E-state index is 0.114. The van der Waals surface area contributed by atoms with E-state index in [0.29, 0.717) is 12.1 Å². The van der Waals surface area contributed by atoms with Crippen molar-refractivity contribution in [1.82, 2.24) is 5.32 Å². The summed E-state index contributed by atoms with van der Waals surface area (Å²) < 4.78 is 6.08. The Labute approximate surface area is 192 Å². The van der Waals surface area contributed by atoms with Crippen LogP contribution in [0.25, 0.3) is 11.0 Å². The van der Waals surface area contributed by atoms with Crippen LogP contribution in [0, 0.1) is 0 Å². The van der Waals surface area contributed by atoms with Crippen molar-refractivity contribution in [2.24, 2.45) is 0 Å². The molecule has 1 fully saturated rings. The van der Waals surface area contributed by atoms with Crippen molar-refractivity contribution < 1.29 is 14.0 Å². The van der Waals surface area contributed by atoms with Crippen molar-refractivity contribution >= 4 is 34.2 Å². The van der Waals surface area contributed by atoms with E-state index >= 15 is 0 Å². The van der Waals surface area contributed by atoms with Crippen LogP contribution in [0.2, 0.25) is 0 Å². The number of carbonyl (C=O) groups is 2. The van der Waals surface area contributed by atoms with Crippen LogP contribution in [0.3, 0.4) is 0 Å². The van der Waals surface area contributed by atoms with E-state index in [0.717, 1.165) is 40.9 Å². The van der Waals surface area contributed by atoms with E-state index in [4.69, 9.17) is 4.42 Å². The second-order valence-corrected chi connectivity index (χ2v) is 8.16. The Hall–Kier alpha value is -3.90. The van der Waals surface area contributed by atoms with Gasteiger partial charge in [-0.1, -0.05) is 48.5 Å². The smallest absolute Gasteiger partial charge is 0.238 e. The van der Waals surface area contributed by atoms with E-state index in [1.165, 1.54) is 0 Å². The van der Waals surface area contributed by atoms with Gasteiger partial charge >= 0.3 is 0 Å².